The molecule has 0 bridgehead atoms. The third-order valence-electron chi connectivity index (χ3n) is 3.23. The third kappa shape index (κ3) is 3.81. The number of hydrogen-bond acceptors (Lipinski definition) is 2. The highest BCUT2D eigenvalue weighted by Gasteiger charge is 2.31. The van der Waals surface area contributed by atoms with Crippen LogP contribution in [-0.4, -0.2) is 20.0 Å². The van der Waals surface area contributed by atoms with Crippen molar-refractivity contribution in [2.24, 2.45) is 0 Å². The predicted molar refractivity (Wildman–Crippen MR) is 80.1 cm³/mol. The Bertz CT molecular complexity index is 772. The van der Waals surface area contributed by atoms with E-state index >= 15 is 0 Å². The van der Waals surface area contributed by atoms with Crippen molar-refractivity contribution in [1.82, 2.24) is 0 Å². The Morgan fingerprint density at radius 3 is 2.29 bits per heavy atom. The van der Waals surface area contributed by atoms with E-state index in [-0.39, 0.29) is 11.4 Å². The van der Waals surface area contributed by atoms with Gasteiger partial charge < -0.3 is 10.2 Å². The molecule has 0 saturated heterocycles. The van der Waals surface area contributed by atoms with Crippen molar-refractivity contribution >= 4 is 17.3 Å². The van der Waals surface area contributed by atoms with Gasteiger partial charge in [0.2, 0.25) is 0 Å². The zero-order chi connectivity index (χ0) is 18.1. The van der Waals surface area contributed by atoms with E-state index in [4.69, 9.17) is 0 Å². The molecule has 2 rings (SSSR count). The van der Waals surface area contributed by atoms with Crippen LogP contribution in [0.1, 0.15) is 15.9 Å². The lowest BCUT2D eigenvalue weighted by molar-refractivity contribution is -0.137. The first-order valence-electron chi connectivity index (χ1n) is 6.74. The van der Waals surface area contributed by atoms with Crippen LogP contribution in [0.5, 0.6) is 0 Å². The molecule has 24 heavy (non-hydrogen) atoms. The quantitative estimate of drug-likeness (QED) is 0.842. The Balaban J connectivity index is 2.43. The van der Waals surface area contributed by atoms with Crippen LogP contribution in [0.4, 0.5) is 33.3 Å². The first-order valence-corrected chi connectivity index (χ1v) is 6.74. The highest BCUT2D eigenvalue weighted by atomic mass is 19.4. The van der Waals surface area contributed by atoms with E-state index in [1.54, 1.807) is 14.1 Å². The summed E-state index contributed by atoms with van der Waals surface area (Å²) in [6, 6.07) is 5.07. The van der Waals surface area contributed by atoms with Crippen LogP contribution in [0.25, 0.3) is 0 Å². The summed E-state index contributed by atoms with van der Waals surface area (Å²) in [4.78, 5) is 13.6. The van der Waals surface area contributed by atoms with Gasteiger partial charge in [0.25, 0.3) is 5.91 Å². The Hall–Kier alpha value is -2.64. The molecule has 0 aliphatic carbocycles. The van der Waals surface area contributed by atoms with Gasteiger partial charge in [0, 0.05) is 14.1 Å². The van der Waals surface area contributed by atoms with Gasteiger partial charge >= 0.3 is 6.18 Å². The molecule has 1 N–H and O–H groups in total. The molecule has 0 heterocycles. The number of carbonyl (C=O) groups excluding carboxylic acids is 1. The maximum Gasteiger partial charge on any atom is 0.416 e. The fourth-order valence-corrected chi connectivity index (χ4v) is 2.06. The molecule has 0 aliphatic heterocycles. The van der Waals surface area contributed by atoms with Crippen molar-refractivity contribution in [2.75, 3.05) is 24.3 Å². The SMILES string of the molecule is CN(C)c1ccc(C(F)(F)F)cc1NC(=O)c1cc(F)ccc1F. The summed E-state index contributed by atoms with van der Waals surface area (Å²) >= 11 is 0. The molecule has 0 saturated carbocycles. The van der Waals surface area contributed by atoms with E-state index in [1.807, 2.05) is 0 Å². The number of nitrogens with one attached hydrogen (secondary N) is 1. The lowest BCUT2D eigenvalue weighted by Crippen LogP contribution is -2.19. The first kappa shape index (κ1) is 17.7. The number of anilines is 2. The number of hydrogen-bond donors (Lipinski definition) is 1. The predicted octanol–water partition coefficient (Wildman–Crippen LogP) is 4.30. The molecule has 8 heteroatoms. The number of halogens is 5. The van der Waals surface area contributed by atoms with Gasteiger partial charge in [-0.15, -0.1) is 0 Å². The Morgan fingerprint density at radius 1 is 1.04 bits per heavy atom. The lowest BCUT2D eigenvalue weighted by Gasteiger charge is -2.20. The van der Waals surface area contributed by atoms with Crippen LogP contribution >= 0.6 is 0 Å². The van der Waals surface area contributed by atoms with Crippen molar-refractivity contribution in [3.8, 4) is 0 Å². The van der Waals surface area contributed by atoms with E-state index in [9.17, 15) is 26.7 Å². The summed E-state index contributed by atoms with van der Waals surface area (Å²) in [5.41, 5.74) is -1.45. The van der Waals surface area contributed by atoms with Crippen LogP contribution in [-0.2, 0) is 6.18 Å². The number of amides is 1. The van der Waals surface area contributed by atoms with Gasteiger partial charge in [-0.05, 0) is 36.4 Å². The molecule has 128 valence electrons. The maximum absolute atomic E-state index is 13.6. The number of rotatable bonds is 3. The van der Waals surface area contributed by atoms with Crippen LogP contribution in [0, 0.1) is 11.6 Å². The van der Waals surface area contributed by atoms with Crippen molar-refractivity contribution < 1.29 is 26.7 Å². The fraction of sp³-hybridized carbons (Fsp3) is 0.188. The van der Waals surface area contributed by atoms with Gasteiger partial charge in [-0.25, -0.2) is 8.78 Å². The Morgan fingerprint density at radius 2 is 1.71 bits per heavy atom. The standard InChI is InChI=1S/C16H13F5N2O/c1-23(2)14-6-3-9(16(19,20)21)7-13(14)22-15(24)11-8-10(17)4-5-12(11)18/h3-8H,1-2H3,(H,22,24). The monoisotopic (exact) mass is 344 g/mol. The molecule has 0 aromatic heterocycles. The molecule has 2 aromatic carbocycles. The summed E-state index contributed by atoms with van der Waals surface area (Å²) < 4.78 is 65.3. The average Bonchev–Trinajstić information content (AvgIpc) is 2.48. The van der Waals surface area contributed by atoms with Crippen molar-refractivity contribution in [2.45, 2.75) is 6.18 Å². The molecule has 2 aromatic rings. The molecule has 0 unspecified atom stereocenters. The summed E-state index contributed by atoms with van der Waals surface area (Å²) in [6.45, 7) is 0. The van der Waals surface area contributed by atoms with Gasteiger partial charge in [-0.2, -0.15) is 13.2 Å². The number of carbonyl (C=O) groups is 1. The second-order valence-corrected chi connectivity index (χ2v) is 5.20. The summed E-state index contributed by atoms with van der Waals surface area (Å²) in [6.07, 6.45) is -4.60. The third-order valence-corrected chi connectivity index (χ3v) is 3.23. The maximum atomic E-state index is 13.6. The number of alkyl halides is 3. The summed E-state index contributed by atoms with van der Waals surface area (Å²) in [7, 11) is 3.14. The van der Waals surface area contributed by atoms with Crippen LogP contribution in [0.2, 0.25) is 0 Å². The largest absolute Gasteiger partial charge is 0.416 e. The van der Waals surface area contributed by atoms with Crippen molar-refractivity contribution in [1.29, 1.82) is 0 Å². The van der Waals surface area contributed by atoms with E-state index in [1.165, 1.54) is 11.0 Å². The molecular formula is C16H13F5N2O. The van der Waals surface area contributed by atoms with Crippen molar-refractivity contribution in [3.63, 3.8) is 0 Å². The summed E-state index contributed by atoms with van der Waals surface area (Å²) in [5.74, 6) is -2.86. The highest BCUT2D eigenvalue weighted by Crippen LogP contribution is 2.35. The van der Waals surface area contributed by atoms with Crippen LogP contribution in [0.15, 0.2) is 36.4 Å². The van der Waals surface area contributed by atoms with Gasteiger partial charge in [-0.3, -0.25) is 4.79 Å². The molecule has 0 spiro atoms. The number of benzene rings is 2. The molecular weight excluding hydrogens is 331 g/mol. The molecule has 1 amide bonds. The zero-order valence-corrected chi connectivity index (χ0v) is 12.7. The normalized spacial score (nSPS) is 11.3. The first-order chi connectivity index (χ1) is 11.1. The molecule has 0 atom stereocenters. The molecule has 3 nitrogen and oxygen atoms in total. The lowest BCUT2D eigenvalue weighted by atomic mass is 10.1. The minimum atomic E-state index is -4.60. The topological polar surface area (TPSA) is 32.3 Å². The fourth-order valence-electron chi connectivity index (χ4n) is 2.06. The van der Waals surface area contributed by atoms with E-state index in [0.29, 0.717) is 6.07 Å². The minimum absolute atomic E-state index is 0.163. The Labute approximate surface area is 134 Å². The minimum Gasteiger partial charge on any atom is -0.376 e. The summed E-state index contributed by atoms with van der Waals surface area (Å²) in [5, 5.41) is 2.20. The van der Waals surface area contributed by atoms with Gasteiger partial charge in [0.05, 0.1) is 22.5 Å². The van der Waals surface area contributed by atoms with Gasteiger partial charge in [-0.1, -0.05) is 0 Å². The van der Waals surface area contributed by atoms with Crippen LogP contribution in [0.3, 0.4) is 0 Å². The zero-order valence-electron chi connectivity index (χ0n) is 12.7. The van der Waals surface area contributed by atoms with Crippen LogP contribution < -0.4 is 10.2 Å². The second kappa shape index (κ2) is 6.46. The molecule has 0 radical (unpaired) electrons. The molecule has 0 fully saturated rings. The van der Waals surface area contributed by atoms with E-state index in [0.717, 1.165) is 24.3 Å². The second-order valence-electron chi connectivity index (χ2n) is 5.20. The smallest absolute Gasteiger partial charge is 0.376 e. The molecule has 0 aliphatic rings. The average molecular weight is 344 g/mol. The number of nitrogens with zero attached hydrogens (tertiary/aromatic N) is 1. The Kier molecular flexibility index (Phi) is 4.77. The highest BCUT2D eigenvalue weighted by molar-refractivity contribution is 6.06. The van der Waals surface area contributed by atoms with E-state index in [2.05, 4.69) is 5.32 Å². The van der Waals surface area contributed by atoms with Gasteiger partial charge in [0.1, 0.15) is 11.6 Å². The van der Waals surface area contributed by atoms with Crippen molar-refractivity contribution in [3.05, 3.63) is 59.2 Å². The van der Waals surface area contributed by atoms with E-state index < -0.39 is 34.8 Å². The van der Waals surface area contributed by atoms with Gasteiger partial charge in [0.15, 0.2) is 0 Å².